The van der Waals surface area contributed by atoms with Crippen molar-refractivity contribution in [2.24, 2.45) is 0 Å². The Bertz CT molecular complexity index is 1370. The van der Waals surface area contributed by atoms with Crippen molar-refractivity contribution in [3.63, 3.8) is 0 Å². The summed E-state index contributed by atoms with van der Waals surface area (Å²) in [6, 6.07) is 27.3. The van der Waals surface area contributed by atoms with Crippen LogP contribution >= 0.6 is 11.8 Å². The highest BCUT2D eigenvalue weighted by Gasteiger charge is 2.33. The molecule has 0 saturated carbocycles. The molecule has 35 heavy (non-hydrogen) atoms. The van der Waals surface area contributed by atoms with Gasteiger partial charge in [-0.3, -0.25) is 0 Å². The molecule has 6 rings (SSSR count). The lowest BCUT2D eigenvalue weighted by Gasteiger charge is -2.31. The van der Waals surface area contributed by atoms with Crippen molar-refractivity contribution in [2.45, 2.75) is 43.2 Å². The van der Waals surface area contributed by atoms with E-state index in [1.54, 1.807) is 11.8 Å². The van der Waals surface area contributed by atoms with Gasteiger partial charge in [0.05, 0.1) is 18.3 Å². The van der Waals surface area contributed by atoms with E-state index in [2.05, 4.69) is 101 Å². The number of carbonyl (C=O) groups excluding carboxylic acids is 1. The molecule has 5 heteroatoms. The Morgan fingerprint density at radius 3 is 2.54 bits per heavy atom. The molecule has 4 aromatic rings. The lowest BCUT2D eigenvalue weighted by molar-refractivity contribution is 0.194. The Kier molecular flexibility index (Phi) is 5.86. The standard InChI is InChI=1S/C30H29N3OS/c1-35-24-17-15-22(16-18-24)29-28-14-7-19-32(28)27-13-5-3-9-23(27)20-33(29)30(34)31-26-12-6-10-21-8-2-4-11-25(21)26/h3,5-7,9-10,12-19,29H,2,4,8,11,20H2,1H3,(H,31,34)/t29-/m0/s1. The maximum atomic E-state index is 14.1. The molecule has 0 spiro atoms. The van der Waals surface area contributed by atoms with Crippen LogP contribution in [0.2, 0.25) is 0 Å². The first kappa shape index (κ1) is 22.1. The molecule has 0 unspecified atom stereocenters. The summed E-state index contributed by atoms with van der Waals surface area (Å²) in [7, 11) is 0. The van der Waals surface area contributed by atoms with Gasteiger partial charge in [-0.1, -0.05) is 42.5 Å². The number of nitrogens with one attached hydrogen (secondary N) is 1. The molecule has 0 saturated heterocycles. The first-order chi connectivity index (χ1) is 17.2. The van der Waals surface area contributed by atoms with Crippen molar-refractivity contribution in [2.75, 3.05) is 11.6 Å². The number of hydrogen-bond acceptors (Lipinski definition) is 2. The third-order valence-electron chi connectivity index (χ3n) is 7.29. The number of thioether (sulfide) groups is 1. The monoisotopic (exact) mass is 479 g/mol. The largest absolute Gasteiger partial charge is 0.322 e. The first-order valence-electron chi connectivity index (χ1n) is 12.3. The van der Waals surface area contributed by atoms with E-state index in [1.165, 1.54) is 28.9 Å². The molecule has 176 valence electrons. The topological polar surface area (TPSA) is 37.3 Å². The number of para-hydroxylation sites is 1. The predicted molar refractivity (Wildman–Crippen MR) is 143 cm³/mol. The van der Waals surface area contributed by atoms with Gasteiger partial charge in [0.1, 0.15) is 0 Å². The maximum Gasteiger partial charge on any atom is 0.322 e. The highest BCUT2D eigenvalue weighted by Crippen LogP contribution is 2.38. The van der Waals surface area contributed by atoms with Gasteiger partial charge in [0.2, 0.25) is 0 Å². The molecular formula is C30H29N3OS. The minimum atomic E-state index is -0.201. The van der Waals surface area contributed by atoms with Gasteiger partial charge in [-0.2, -0.15) is 0 Å². The van der Waals surface area contributed by atoms with Crippen molar-refractivity contribution in [3.05, 3.63) is 113 Å². The summed E-state index contributed by atoms with van der Waals surface area (Å²) in [6.45, 7) is 0.535. The third-order valence-corrected chi connectivity index (χ3v) is 8.04. The summed E-state index contributed by atoms with van der Waals surface area (Å²) >= 11 is 1.73. The smallest absolute Gasteiger partial charge is 0.318 e. The zero-order valence-corrected chi connectivity index (χ0v) is 20.7. The summed E-state index contributed by atoms with van der Waals surface area (Å²) in [4.78, 5) is 17.3. The van der Waals surface area contributed by atoms with Crippen LogP contribution in [0.15, 0.2) is 90.0 Å². The number of aromatic nitrogens is 1. The van der Waals surface area contributed by atoms with Gasteiger partial charge in [-0.05, 0) is 90.6 Å². The molecule has 0 fully saturated rings. The second-order valence-corrected chi connectivity index (χ2v) is 10.2. The van der Waals surface area contributed by atoms with Crippen LogP contribution in [0.4, 0.5) is 10.5 Å². The third kappa shape index (κ3) is 4.04. The number of hydrogen-bond donors (Lipinski definition) is 1. The zero-order valence-electron chi connectivity index (χ0n) is 19.9. The lowest BCUT2D eigenvalue weighted by Crippen LogP contribution is -2.38. The van der Waals surface area contributed by atoms with Crippen LogP contribution in [0.5, 0.6) is 0 Å². The molecule has 3 aromatic carbocycles. The SMILES string of the molecule is CSc1ccc([C@H]2c3cccn3-c3ccccc3CN2C(=O)Nc2cccc3c2CCCC3)cc1. The van der Waals surface area contributed by atoms with Crippen molar-refractivity contribution in [3.8, 4) is 5.69 Å². The van der Waals surface area contributed by atoms with Gasteiger partial charge in [-0.25, -0.2) is 4.79 Å². The Morgan fingerprint density at radius 2 is 1.69 bits per heavy atom. The van der Waals surface area contributed by atoms with Crippen LogP contribution in [0.3, 0.4) is 0 Å². The van der Waals surface area contributed by atoms with Crippen LogP contribution in [0.1, 0.15) is 46.8 Å². The Labute approximate surface area is 211 Å². The van der Waals surface area contributed by atoms with E-state index in [9.17, 15) is 4.79 Å². The average molecular weight is 480 g/mol. The number of rotatable bonds is 3. The van der Waals surface area contributed by atoms with Crippen molar-refractivity contribution < 1.29 is 4.79 Å². The minimum absolute atomic E-state index is 0.0626. The number of urea groups is 1. The van der Waals surface area contributed by atoms with E-state index in [0.29, 0.717) is 6.54 Å². The zero-order chi connectivity index (χ0) is 23.8. The number of aryl methyl sites for hydroxylation is 1. The van der Waals surface area contributed by atoms with Crippen LogP contribution in [0.25, 0.3) is 5.69 Å². The van der Waals surface area contributed by atoms with E-state index >= 15 is 0 Å². The van der Waals surface area contributed by atoms with E-state index < -0.39 is 0 Å². The normalized spacial score (nSPS) is 16.6. The highest BCUT2D eigenvalue weighted by atomic mass is 32.2. The Balaban J connectivity index is 1.44. The Morgan fingerprint density at radius 1 is 0.886 bits per heavy atom. The van der Waals surface area contributed by atoms with Crippen LogP contribution in [0, 0.1) is 0 Å². The fourth-order valence-corrected chi connectivity index (χ4v) is 5.97. The van der Waals surface area contributed by atoms with Crippen LogP contribution in [-0.4, -0.2) is 21.8 Å². The van der Waals surface area contributed by atoms with Gasteiger partial charge < -0.3 is 14.8 Å². The van der Waals surface area contributed by atoms with Crippen molar-refractivity contribution in [1.29, 1.82) is 0 Å². The molecule has 0 radical (unpaired) electrons. The molecule has 1 aromatic heterocycles. The van der Waals surface area contributed by atoms with Crippen LogP contribution < -0.4 is 5.32 Å². The predicted octanol–water partition coefficient (Wildman–Crippen LogP) is 7.22. The average Bonchev–Trinajstić information content (AvgIpc) is 3.33. The summed E-state index contributed by atoms with van der Waals surface area (Å²) in [5.74, 6) is 0. The number of anilines is 1. The summed E-state index contributed by atoms with van der Waals surface area (Å²) < 4.78 is 2.24. The summed E-state index contributed by atoms with van der Waals surface area (Å²) in [5, 5.41) is 3.32. The van der Waals surface area contributed by atoms with Crippen molar-refractivity contribution in [1.82, 2.24) is 9.47 Å². The molecule has 2 aliphatic rings. The number of nitrogens with zero attached hydrogens (tertiary/aromatic N) is 2. The van der Waals surface area contributed by atoms with Gasteiger partial charge in [0.25, 0.3) is 0 Å². The molecule has 1 N–H and O–H groups in total. The second-order valence-electron chi connectivity index (χ2n) is 9.32. The number of benzene rings is 3. The van der Waals surface area contributed by atoms with E-state index in [1.807, 2.05) is 4.90 Å². The molecule has 2 heterocycles. The van der Waals surface area contributed by atoms with Gasteiger partial charge in [0, 0.05) is 22.5 Å². The molecular weight excluding hydrogens is 450 g/mol. The van der Waals surface area contributed by atoms with E-state index in [4.69, 9.17) is 0 Å². The summed E-state index contributed by atoms with van der Waals surface area (Å²) in [5.41, 5.74) is 8.10. The maximum absolute atomic E-state index is 14.1. The summed E-state index contributed by atoms with van der Waals surface area (Å²) in [6.07, 6.45) is 8.70. The van der Waals surface area contributed by atoms with Gasteiger partial charge >= 0.3 is 6.03 Å². The first-order valence-corrected chi connectivity index (χ1v) is 13.5. The van der Waals surface area contributed by atoms with E-state index in [-0.39, 0.29) is 12.1 Å². The van der Waals surface area contributed by atoms with Gasteiger partial charge in [-0.15, -0.1) is 11.8 Å². The number of amides is 2. The second kappa shape index (κ2) is 9.31. The number of fused-ring (bicyclic) bond motifs is 4. The molecule has 4 nitrogen and oxygen atoms in total. The fraction of sp³-hybridized carbons (Fsp3) is 0.233. The molecule has 0 bridgehead atoms. The number of carbonyl (C=O) groups is 1. The Hall–Kier alpha value is -3.44. The molecule has 1 aliphatic carbocycles. The molecule has 1 atom stereocenters. The lowest BCUT2D eigenvalue weighted by atomic mass is 9.90. The van der Waals surface area contributed by atoms with E-state index in [0.717, 1.165) is 41.0 Å². The van der Waals surface area contributed by atoms with Crippen LogP contribution in [-0.2, 0) is 19.4 Å². The fourth-order valence-electron chi connectivity index (χ4n) is 5.56. The van der Waals surface area contributed by atoms with Crippen molar-refractivity contribution >= 4 is 23.5 Å². The molecule has 1 aliphatic heterocycles. The highest BCUT2D eigenvalue weighted by molar-refractivity contribution is 7.98. The molecule has 2 amide bonds. The van der Waals surface area contributed by atoms with Gasteiger partial charge in [0.15, 0.2) is 0 Å². The minimum Gasteiger partial charge on any atom is -0.318 e. The quantitative estimate of drug-likeness (QED) is 0.315.